The summed E-state index contributed by atoms with van der Waals surface area (Å²) in [6, 6.07) is 7.90. The molecule has 2 nitrogen and oxygen atoms in total. The second-order valence-electron chi connectivity index (χ2n) is 6.08. The van der Waals surface area contributed by atoms with Crippen molar-refractivity contribution >= 4 is 21.8 Å². The molecule has 2 saturated carbocycles. The molecule has 19 heavy (non-hydrogen) atoms. The van der Waals surface area contributed by atoms with E-state index < -0.39 is 0 Å². The third-order valence-electron chi connectivity index (χ3n) is 4.91. The van der Waals surface area contributed by atoms with Crippen LogP contribution < -0.4 is 5.32 Å². The second-order valence-corrected chi connectivity index (χ2v) is 6.94. The van der Waals surface area contributed by atoms with Gasteiger partial charge in [0, 0.05) is 10.5 Å². The molecular weight excluding hydrogens is 302 g/mol. The third kappa shape index (κ3) is 2.58. The summed E-state index contributed by atoms with van der Waals surface area (Å²) in [6.45, 7) is 2.17. The normalized spacial score (nSPS) is 30.3. The van der Waals surface area contributed by atoms with Gasteiger partial charge in [-0.2, -0.15) is 0 Å². The first kappa shape index (κ1) is 13.2. The first-order chi connectivity index (χ1) is 9.15. The standard InChI is InChI=1S/C16H20BrNO/c1-10(14-9-11-6-7-12(14)8-11)18-16(19)13-4-2-3-5-15(13)17/h2-5,10-12,14H,6-9H2,1H3,(H,18,19)/t10-,11-,12-,14+/m0/s1. The van der Waals surface area contributed by atoms with Gasteiger partial charge in [0.25, 0.3) is 5.91 Å². The molecule has 2 fully saturated rings. The molecule has 1 aromatic carbocycles. The van der Waals surface area contributed by atoms with Crippen molar-refractivity contribution in [1.82, 2.24) is 5.32 Å². The Morgan fingerprint density at radius 1 is 1.32 bits per heavy atom. The minimum atomic E-state index is 0.0442. The van der Waals surface area contributed by atoms with Crippen LogP contribution in [0.3, 0.4) is 0 Å². The van der Waals surface area contributed by atoms with Gasteiger partial charge in [0.15, 0.2) is 0 Å². The molecule has 2 bridgehead atoms. The maximum atomic E-state index is 12.3. The van der Waals surface area contributed by atoms with E-state index in [9.17, 15) is 4.79 Å². The Morgan fingerprint density at radius 2 is 2.11 bits per heavy atom. The summed E-state index contributed by atoms with van der Waals surface area (Å²) < 4.78 is 0.868. The van der Waals surface area contributed by atoms with Crippen LogP contribution >= 0.6 is 15.9 Å². The van der Waals surface area contributed by atoms with E-state index in [1.807, 2.05) is 24.3 Å². The highest BCUT2D eigenvalue weighted by Gasteiger charge is 2.42. The van der Waals surface area contributed by atoms with Crippen LogP contribution in [0.4, 0.5) is 0 Å². The number of fused-ring (bicyclic) bond motifs is 2. The molecule has 0 aliphatic heterocycles. The maximum absolute atomic E-state index is 12.3. The third-order valence-corrected chi connectivity index (χ3v) is 5.60. The van der Waals surface area contributed by atoms with Gasteiger partial charge in [-0.1, -0.05) is 18.6 Å². The molecule has 0 heterocycles. The smallest absolute Gasteiger partial charge is 0.252 e. The van der Waals surface area contributed by atoms with Crippen molar-refractivity contribution in [2.45, 2.75) is 38.6 Å². The lowest BCUT2D eigenvalue weighted by molar-refractivity contribution is 0.0914. The highest BCUT2D eigenvalue weighted by molar-refractivity contribution is 9.10. The summed E-state index contributed by atoms with van der Waals surface area (Å²) in [5.41, 5.74) is 0.734. The molecule has 2 aliphatic rings. The summed E-state index contributed by atoms with van der Waals surface area (Å²) in [7, 11) is 0. The number of carbonyl (C=O) groups is 1. The van der Waals surface area contributed by atoms with Crippen molar-refractivity contribution < 1.29 is 4.79 Å². The molecule has 4 atom stereocenters. The highest BCUT2D eigenvalue weighted by Crippen LogP contribution is 2.49. The first-order valence-electron chi connectivity index (χ1n) is 7.20. The maximum Gasteiger partial charge on any atom is 0.252 e. The molecule has 0 saturated heterocycles. The number of carbonyl (C=O) groups excluding carboxylic acids is 1. The topological polar surface area (TPSA) is 29.1 Å². The van der Waals surface area contributed by atoms with E-state index in [1.54, 1.807) is 0 Å². The number of amides is 1. The molecule has 1 amide bonds. The Hall–Kier alpha value is -0.830. The second kappa shape index (κ2) is 5.28. The Bertz CT molecular complexity index is 487. The van der Waals surface area contributed by atoms with Gasteiger partial charge in [0.1, 0.15) is 0 Å². The SMILES string of the molecule is C[C@H](NC(=O)c1ccccc1Br)[C@H]1C[C@H]2CC[C@H]1C2. The van der Waals surface area contributed by atoms with Crippen LogP contribution in [0.2, 0.25) is 0 Å². The predicted octanol–water partition coefficient (Wildman–Crippen LogP) is 4.00. The Labute approximate surface area is 123 Å². The lowest BCUT2D eigenvalue weighted by atomic mass is 9.84. The summed E-state index contributed by atoms with van der Waals surface area (Å²) in [5.74, 6) is 2.50. The van der Waals surface area contributed by atoms with Crippen LogP contribution in [0.5, 0.6) is 0 Å². The zero-order valence-electron chi connectivity index (χ0n) is 11.2. The van der Waals surface area contributed by atoms with E-state index in [0.29, 0.717) is 5.92 Å². The van der Waals surface area contributed by atoms with Crippen molar-refractivity contribution in [2.75, 3.05) is 0 Å². The molecule has 0 spiro atoms. The molecule has 102 valence electrons. The zero-order valence-corrected chi connectivity index (χ0v) is 12.8. The van der Waals surface area contributed by atoms with Gasteiger partial charge in [-0.15, -0.1) is 0 Å². The van der Waals surface area contributed by atoms with Gasteiger partial charge in [-0.05, 0) is 72.0 Å². The van der Waals surface area contributed by atoms with Crippen LogP contribution in [0.1, 0.15) is 43.0 Å². The zero-order chi connectivity index (χ0) is 13.4. The molecule has 0 unspecified atom stereocenters. The van der Waals surface area contributed by atoms with Gasteiger partial charge < -0.3 is 5.32 Å². The molecule has 0 aromatic heterocycles. The van der Waals surface area contributed by atoms with Crippen LogP contribution in [-0.2, 0) is 0 Å². The average Bonchev–Trinajstić information content (AvgIpc) is 3.01. The fourth-order valence-electron chi connectivity index (χ4n) is 3.94. The Morgan fingerprint density at radius 3 is 2.74 bits per heavy atom. The van der Waals surface area contributed by atoms with E-state index in [4.69, 9.17) is 0 Å². The van der Waals surface area contributed by atoms with Crippen molar-refractivity contribution in [3.05, 3.63) is 34.3 Å². The van der Waals surface area contributed by atoms with Gasteiger partial charge in [0.2, 0.25) is 0 Å². The summed E-state index contributed by atoms with van der Waals surface area (Å²) >= 11 is 3.44. The number of rotatable bonds is 3. The van der Waals surface area contributed by atoms with Crippen molar-refractivity contribution in [3.8, 4) is 0 Å². The number of hydrogen-bond acceptors (Lipinski definition) is 1. The lowest BCUT2D eigenvalue weighted by Crippen LogP contribution is -2.40. The Balaban J connectivity index is 1.65. The van der Waals surface area contributed by atoms with Crippen molar-refractivity contribution in [2.24, 2.45) is 17.8 Å². The van der Waals surface area contributed by atoms with Gasteiger partial charge in [-0.3, -0.25) is 4.79 Å². The van der Waals surface area contributed by atoms with E-state index in [2.05, 4.69) is 28.2 Å². The predicted molar refractivity (Wildman–Crippen MR) is 80.0 cm³/mol. The Kier molecular flexibility index (Phi) is 3.66. The first-order valence-corrected chi connectivity index (χ1v) is 8.00. The molecule has 0 radical (unpaired) electrons. The van der Waals surface area contributed by atoms with Crippen LogP contribution in [0, 0.1) is 17.8 Å². The van der Waals surface area contributed by atoms with E-state index >= 15 is 0 Å². The minimum absolute atomic E-state index is 0.0442. The summed E-state index contributed by atoms with van der Waals surface area (Å²) in [4.78, 5) is 12.3. The fourth-order valence-corrected chi connectivity index (χ4v) is 4.41. The molecule has 1 aromatic rings. The van der Waals surface area contributed by atoms with Crippen molar-refractivity contribution in [1.29, 1.82) is 0 Å². The van der Waals surface area contributed by atoms with Crippen molar-refractivity contribution in [3.63, 3.8) is 0 Å². The number of benzene rings is 1. The van der Waals surface area contributed by atoms with Crippen LogP contribution in [0.25, 0.3) is 0 Å². The molecule has 3 heteroatoms. The number of hydrogen-bond donors (Lipinski definition) is 1. The van der Waals surface area contributed by atoms with Gasteiger partial charge >= 0.3 is 0 Å². The van der Waals surface area contributed by atoms with E-state index in [-0.39, 0.29) is 11.9 Å². The molecule has 3 rings (SSSR count). The summed E-state index contributed by atoms with van der Waals surface area (Å²) in [6.07, 6.45) is 5.47. The van der Waals surface area contributed by atoms with E-state index in [0.717, 1.165) is 21.9 Å². The molecular formula is C16H20BrNO. The van der Waals surface area contributed by atoms with Gasteiger partial charge in [-0.25, -0.2) is 0 Å². The van der Waals surface area contributed by atoms with Crippen LogP contribution in [0.15, 0.2) is 28.7 Å². The summed E-state index contributed by atoms with van der Waals surface area (Å²) in [5, 5.41) is 3.19. The molecule has 1 N–H and O–H groups in total. The average molecular weight is 322 g/mol. The minimum Gasteiger partial charge on any atom is -0.349 e. The number of halogens is 1. The monoisotopic (exact) mass is 321 g/mol. The quantitative estimate of drug-likeness (QED) is 0.895. The van der Waals surface area contributed by atoms with E-state index in [1.165, 1.54) is 25.7 Å². The van der Waals surface area contributed by atoms with Gasteiger partial charge in [0.05, 0.1) is 5.56 Å². The number of nitrogens with one attached hydrogen (secondary N) is 1. The lowest BCUT2D eigenvalue weighted by Gasteiger charge is -2.28. The highest BCUT2D eigenvalue weighted by atomic mass is 79.9. The molecule has 2 aliphatic carbocycles. The van der Waals surface area contributed by atoms with Crippen LogP contribution in [-0.4, -0.2) is 11.9 Å². The largest absolute Gasteiger partial charge is 0.349 e. The fraction of sp³-hybridized carbons (Fsp3) is 0.562.